The number of hydrogen-bond donors (Lipinski definition) is 0. The lowest BCUT2D eigenvalue weighted by Gasteiger charge is -2.25. The van der Waals surface area contributed by atoms with E-state index in [9.17, 15) is 9.59 Å². The number of rotatable bonds is 6. The SMILES string of the molecule is COCCN1C(=O)c2oc3cc(C)cc(C)c3c(=O)c2[C@@H]1c1ccc(OC)c(OC)c1. The highest BCUT2D eigenvalue weighted by Gasteiger charge is 2.43. The van der Waals surface area contributed by atoms with E-state index in [0.29, 0.717) is 41.2 Å². The Kier molecular flexibility index (Phi) is 5.45. The van der Waals surface area contributed by atoms with Gasteiger partial charge < -0.3 is 23.5 Å². The summed E-state index contributed by atoms with van der Waals surface area (Å²) in [4.78, 5) is 28.6. The third kappa shape index (κ3) is 3.35. The van der Waals surface area contributed by atoms with Crippen molar-refractivity contribution in [3.63, 3.8) is 0 Å². The number of ether oxygens (including phenoxy) is 3. The molecule has 1 aliphatic heterocycles. The first-order valence-electron chi connectivity index (χ1n) is 10.0. The Balaban J connectivity index is 1.99. The van der Waals surface area contributed by atoms with E-state index in [1.807, 2.05) is 26.0 Å². The molecule has 4 rings (SSSR count). The lowest BCUT2D eigenvalue weighted by Crippen LogP contribution is -2.32. The van der Waals surface area contributed by atoms with E-state index >= 15 is 0 Å². The zero-order valence-corrected chi connectivity index (χ0v) is 18.3. The molecule has 0 saturated carbocycles. The summed E-state index contributed by atoms with van der Waals surface area (Å²) < 4.78 is 22.0. The quantitative estimate of drug-likeness (QED) is 0.603. The van der Waals surface area contributed by atoms with Gasteiger partial charge in [-0.05, 0) is 48.7 Å². The molecule has 0 N–H and O–H groups in total. The van der Waals surface area contributed by atoms with Crippen LogP contribution in [-0.2, 0) is 4.74 Å². The van der Waals surface area contributed by atoms with Gasteiger partial charge in [-0.15, -0.1) is 0 Å². The number of hydrogen-bond acceptors (Lipinski definition) is 6. The number of nitrogens with zero attached hydrogens (tertiary/aromatic N) is 1. The van der Waals surface area contributed by atoms with Gasteiger partial charge in [0.1, 0.15) is 5.58 Å². The van der Waals surface area contributed by atoms with E-state index in [1.165, 1.54) is 0 Å². The molecule has 0 aliphatic carbocycles. The highest BCUT2D eigenvalue weighted by molar-refractivity contribution is 5.99. The van der Waals surface area contributed by atoms with E-state index in [-0.39, 0.29) is 17.1 Å². The Morgan fingerprint density at radius 1 is 1.00 bits per heavy atom. The van der Waals surface area contributed by atoms with Gasteiger partial charge in [-0.25, -0.2) is 0 Å². The molecule has 1 atom stereocenters. The van der Waals surface area contributed by atoms with Crippen molar-refractivity contribution in [2.24, 2.45) is 0 Å². The summed E-state index contributed by atoms with van der Waals surface area (Å²) in [5, 5.41) is 0.496. The minimum absolute atomic E-state index is 0.0818. The first-order valence-corrected chi connectivity index (χ1v) is 10.0. The van der Waals surface area contributed by atoms with Gasteiger partial charge in [-0.3, -0.25) is 9.59 Å². The van der Waals surface area contributed by atoms with Gasteiger partial charge in [0.15, 0.2) is 16.9 Å². The predicted molar refractivity (Wildman–Crippen MR) is 116 cm³/mol. The molecule has 1 aromatic heterocycles. The molecular formula is C24H25NO6. The van der Waals surface area contributed by atoms with Crippen molar-refractivity contribution in [3.8, 4) is 11.5 Å². The largest absolute Gasteiger partial charge is 0.493 e. The summed E-state index contributed by atoms with van der Waals surface area (Å²) in [5.74, 6) is 0.837. The van der Waals surface area contributed by atoms with Gasteiger partial charge >= 0.3 is 0 Å². The average molecular weight is 423 g/mol. The zero-order chi connectivity index (χ0) is 22.3. The Morgan fingerprint density at radius 2 is 1.74 bits per heavy atom. The first kappa shape index (κ1) is 20.9. The van der Waals surface area contributed by atoms with Crippen LogP contribution in [0.15, 0.2) is 39.5 Å². The number of fused-ring (bicyclic) bond motifs is 2. The Morgan fingerprint density at radius 3 is 2.42 bits per heavy atom. The van der Waals surface area contributed by atoms with Crippen molar-refractivity contribution in [1.82, 2.24) is 4.90 Å². The van der Waals surface area contributed by atoms with Crippen LogP contribution in [0, 0.1) is 13.8 Å². The van der Waals surface area contributed by atoms with Crippen molar-refractivity contribution in [1.29, 1.82) is 0 Å². The minimum atomic E-state index is -0.612. The Labute approximate surface area is 180 Å². The molecule has 2 heterocycles. The number of methoxy groups -OCH3 is 3. The number of carbonyl (C=O) groups is 1. The maximum absolute atomic E-state index is 13.7. The summed E-state index contributed by atoms with van der Waals surface area (Å²) >= 11 is 0. The lowest BCUT2D eigenvalue weighted by atomic mass is 9.96. The molecule has 0 bridgehead atoms. The fourth-order valence-electron chi connectivity index (χ4n) is 4.30. The van der Waals surface area contributed by atoms with Crippen molar-refractivity contribution in [2.45, 2.75) is 19.9 Å². The highest BCUT2D eigenvalue weighted by atomic mass is 16.5. The molecule has 2 aromatic carbocycles. The van der Waals surface area contributed by atoms with Gasteiger partial charge in [-0.2, -0.15) is 0 Å². The van der Waals surface area contributed by atoms with Gasteiger partial charge in [-0.1, -0.05) is 12.1 Å². The van der Waals surface area contributed by atoms with Crippen molar-refractivity contribution >= 4 is 16.9 Å². The zero-order valence-electron chi connectivity index (χ0n) is 18.3. The number of benzene rings is 2. The fraction of sp³-hybridized carbons (Fsp3) is 0.333. The molecule has 3 aromatic rings. The Hall–Kier alpha value is -3.32. The number of aryl methyl sites for hydroxylation is 2. The van der Waals surface area contributed by atoms with Crippen LogP contribution in [0.2, 0.25) is 0 Å². The maximum atomic E-state index is 13.7. The fourth-order valence-corrected chi connectivity index (χ4v) is 4.30. The first-order chi connectivity index (χ1) is 14.9. The summed E-state index contributed by atoms with van der Waals surface area (Å²) in [6.07, 6.45) is 0. The summed E-state index contributed by atoms with van der Waals surface area (Å²) in [6.45, 7) is 4.45. The second-order valence-corrected chi connectivity index (χ2v) is 7.64. The van der Waals surface area contributed by atoms with Crippen LogP contribution >= 0.6 is 0 Å². The molecule has 7 nitrogen and oxygen atoms in total. The smallest absolute Gasteiger partial charge is 0.290 e. The van der Waals surface area contributed by atoms with Crippen LogP contribution in [0.25, 0.3) is 11.0 Å². The maximum Gasteiger partial charge on any atom is 0.290 e. The third-order valence-electron chi connectivity index (χ3n) is 5.67. The van der Waals surface area contributed by atoms with Crippen LogP contribution in [0.5, 0.6) is 11.5 Å². The molecule has 31 heavy (non-hydrogen) atoms. The average Bonchev–Trinajstić information content (AvgIpc) is 3.03. The van der Waals surface area contributed by atoms with Crippen LogP contribution in [0.1, 0.15) is 38.9 Å². The third-order valence-corrected chi connectivity index (χ3v) is 5.67. The molecule has 162 valence electrons. The Bertz CT molecular complexity index is 1230. The molecule has 7 heteroatoms. The molecule has 1 amide bonds. The van der Waals surface area contributed by atoms with E-state index < -0.39 is 6.04 Å². The van der Waals surface area contributed by atoms with Crippen molar-refractivity contribution in [2.75, 3.05) is 34.5 Å². The van der Waals surface area contributed by atoms with E-state index in [1.54, 1.807) is 44.4 Å². The second kappa shape index (κ2) is 8.07. The lowest BCUT2D eigenvalue weighted by molar-refractivity contribution is 0.0663. The topological polar surface area (TPSA) is 78.2 Å². The number of carbonyl (C=O) groups excluding carboxylic acids is 1. The summed E-state index contributed by atoms with van der Waals surface area (Å²) in [5.41, 5.74) is 3.09. The molecule has 0 spiro atoms. The summed E-state index contributed by atoms with van der Waals surface area (Å²) in [7, 11) is 4.68. The standard InChI is InChI=1S/C24H25NO6/c1-13-10-14(2)19-18(11-13)31-23-20(22(19)26)21(25(24(23)27)8-9-28-3)15-6-7-16(29-4)17(12-15)30-5/h6-7,10-12,21H,8-9H2,1-5H3/t21-/m0/s1. The normalized spacial score (nSPS) is 15.5. The molecule has 0 radical (unpaired) electrons. The van der Waals surface area contributed by atoms with Gasteiger partial charge in [0.25, 0.3) is 5.91 Å². The van der Waals surface area contributed by atoms with E-state index in [2.05, 4.69) is 0 Å². The molecular weight excluding hydrogens is 398 g/mol. The molecule has 0 fully saturated rings. The van der Waals surface area contributed by atoms with Crippen LogP contribution in [-0.4, -0.2) is 45.3 Å². The highest BCUT2D eigenvalue weighted by Crippen LogP contribution is 2.41. The van der Waals surface area contributed by atoms with Crippen LogP contribution < -0.4 is 14.9 Å². The predicted octanol–water partition coefficient (Wildman–Crippen LogP) is 3.62. The van der Waals surface area contributed by atoms with Gasteiger partial charge in [0.05, 0.1) is 37.8 Å². The second-order valence-electron chi connectivity index (χ2n) is 7.64. The molecule has 0 saturated heterocycles. The monoisotopic (exact) mass is 423 g/mol. The van der Waals surface area contributed by atoms with Crippen LogP contribution in [0.4, 0.5) is 0 Å². The van der Waals surface area contributed by atoms with Crippen molar-refractivity contribution in [3.05, 3.63) is 68.6 Å². The molecule has 1 aliphatic rings. The van der Waals surface area contributed by atoms with Gasteiger partial charge in [0.2, 0.25) is 5.76 Å². The van der Waals surface area contributed by atoms with E-state index in [0.717, 1.165) is 16.7 Å². The van der Waals surface area contributed by atoms with Crippen LogP contribution in [0.3, 0.4) is 0 Å². The van der Waals surface area contributed by atoms with Gasteiger partial charge in [0, 0.05) is 13.7 Å². The van der Waals surface area contributed by atoms with Crippen molar-refractivity contribution < 1.29 is 23.4 Å². The minimum Gasteiger partial charge on any atom is -0.493 e. The summed E-state index contributed by atoms with van der Waals surface area (Å²) in [6, 6.07) is 8.51. The molecule has 0 unspecified atom stereocenters. The van der Waals surface area contributed by atoms with E-state index in [4.69, 9.17) is 18.6 Å². The number of amides is 1.